The van der Waals surface area contributed by atoms with Crippen LogP contribution in [0.3, 0.4) is 0 Å². The fraction of sp³-hybridized carbons (Fsp3) is 0.562. The Labute approximate surface area is 116 Å². The van der Waals surface area contributed by atoms with E-state index in [2.05, 4.69) is 37.8 Å². The van der Waals surface area contributed by atoms with Crippen LogP contribution in [0.4, 0.5) is 5.69 Å². The summed E-state index contributed by atoms with van der Waals surface area (Å²) in [6.07, 6.45) is 2.05. The van der Waals surface area contributed by atoms with Crippen LogP contribution in [-0.2, 0) is 4.79 Å². The van der Waals surface area contributed by atoms with Crippen molar-refractivity contribution in [3.8, 4) is 0 Å². The van der Waals surface area contributed by atoms with Crippen molar-refractivity contribution in [3.05, 3.63) is 30.3 Å². The molecule has 2 unspecified atom stereocenters. The average Bonchev–Trinajstić information content (AvgIpc) is 2.42. The molecule has 3 nitrogen and oxygen atoms in total. The van der Waals surface area contributed by atoms with Gasteiger partial charge in [0.2, 0.25) is 0 Å². The van der Waals surface area contributed by atoms with Gasteiger partial charge in [-0.2, -0.15) is 0 Å². The Morgan fingerprint density at radius 1 is 1.26 bits per heavy atom. The van der Waals surface area contributed by atoms with E-state index >= 15 is 0 Å². The Kier molecular flexibility index (Phi) is 6.40. The minimum atomic E-state index is -0.718. The van der Waals surface area contributed by atoms with E-state index in [9.17, 15) is 4.79 Å². The lowest BCUT2D eigenvalue weighted by molar-refractivity contribution is -0.137. The first-order valence-corrected chi connectivity index (χ1v) is 7.09. The zero-order valence-corrected chi connectivity index (χ0v) is 12.2. The normalized spacial score (nSPS) is 13.8. The number of nitrogens with zero attached hydrogens (tertiary/aromatic N) is 1. The number of rotatable bonds is 8. The van der Waals surface area contributed by atoms with Crippen molar-refractivity contribution in [2.24, 2.45) is 5.92 Å². The predicted molar refractivity (Wildman–Crippen MR) is 79.6 cm³/mol. The summed E-state index contributed by atoms with van der Waals surface area (Å²) in [5, 5.41) is 8.77. The van der Waals surface area contributed by atoms with E-state index in [1.165, 1.54) is 5.69 Å². The first kappa shape index (κ1) is 15.5. The molecule has 0 aromatic heterocycles. The van der Waals surface area contributed by atoms with Gasteiger partial charge in [0.25, 0.3) is 0 Å². The molecule has 0 radical (unpaired) electrons. The monoisotopic (exact) mass is 263 g/mol. The van der Waals surface area contributed by atoms with Gasteiger partial charge in [0.05, 0.1) is 0 Å². The van der Waals surface area contributed by atoms with Gasteiger partial charge in [-0.1, -0.05) is 38.5 Å². The smallest absolute Gasteiger partial charge is 0.303 e. The van der Waals surface area contributed by atoms with E-state index < -0.39 is 5.97 Å². The summed E-state index contributed by atoms with van der Waals surface area (Å²) in [6, 6.07) is 10.7. The molecule has 0 amide bonds. The third-order valence-corrected chi connectivity index (χ3v) is 3.84. The lowest BCUT2D eigenvalue weighted by atomic mass is 9.98. The maximum atomic E-state index is 10.7. The number of hydrogen-bond acceptors (Lipinski definition) is 2. The van der Waals surface area contributed by atoms with Gasteiger partial charge < -0.3 is 10.0 Å². The number of carboxylic acid groups (broad SMARTS) is 1. The van der Waals surface area contributed by atoms with Crippen molar-refractivity contribution < 1.29 is 9.90 Å². The van der Waals surface area contributed by atoms with Crippen LogP contribution < -0.4 is 4.90 Å². The van der Waals surface area contributed by atoms with E-state index in [4.69, 9.17) is 5.11 Å². The van der Waals surface area contributed by atoms with E-state index in [1.807, 2.05) is 18.2 Å². The number of carbonyl (C=O) groups is 1. The highest BCUT2D eigenvalue weighted by molar-refractivity contribution is 5.66. The summed E-state index contributed by atoms with van der Waals surface area (Å²) in [5.74, 6) is -0.130. The molecule has 3 heteroatoms. The quantitative estimate of drug-likeness (QED) is 0.775. The number of para-hydroxylation sites is 1. The maximum Gasteiger partial charge on any atom is 0.303 e. The van der Waals surface area contributed by atoms with Gasteiger partial charge in [0.15, 0.2) is 0 Å². The first-order valence-electron chi connectivity index (χ1n) is 7.09. The van der Waals surface area contributed by atoms with Gasteiger partial charge in [-0.15, -0.1) is 0 Å². The molecular weight excluding hydrogens is 238 g/mol. The van der Waals surface area contributed by atoms with Gasteiger partial charge in [0, 0.05) is 24.7 Å². The average molecular weight is 263 g/mol. The molecule has 1 aromatic rings. The standard InChI is InChI=1S/C16H25NO2/c1-4-13(2)14(3)17(12-8-11-16(18)19)15-9-6-5-7-10-15/h5-7,9-10,13-14H,4,8,11-12H2,1-3H3,(H,18,19). The molecule has 0 fully saturated rings. The first-order chi connectivity index (χ1) is 9.06. The van der Waals surface area contributed by atoms with Gasteiger partial charge in [-0.05, 0) is 31.4 Å². The van der Waals surface area contributed by atoms with Crippen LogP contribution in [0, 0.1) is 5.92 Å². The van der Waals surface area contributed by atoms with Crippen LogP contribution in [-0.4, -0.2) is 23.7 Å². The molecule has 1 N–H and O–H groups in total. The molecule has 0 bridgehead atoms. The topological polar surface area (TPSA) is 40.5 Å². The van der Waals surface area contributed by atoms with Crippen LogP contribution in [0.15, 0.2) is 30.3 Å². The van der Waals surface area contributed by atoms with E-state index in [-0.39, 0.29) is 6.42 Å². The summed E-state index contributed by atoms with van der Waals surface area (Å²) < 4.78 is 0. The van der Waals surface area contributed by atoms with Crippen molar-refractivity contribution in [1.82, 2.24) is 0 Å². The lowest BCUT2D eigenvalue weighted by Gasteiger charge is -2.35. The molecule has 0 heterocycles. The van der Waals surface area contributed by atoms with Crippen molar-refractivity contribution in [2.75, 3.05) is 11.4 Å². The summed E-state index contributed by atoms with van der Waals surface area (Å²) in [6.45, 7) is 7.46. The van der Waals surface area contributed by atoms with Crippen molar-refractivity contribution >= 4 is 11.7 Å². The summed E-state index contributed by atoms with van der Waals surface area (Å²) >= 11 is 0. The minimum absolute atomic E-state index is 0.233. The Balaban J connectivity index is 2.76. The molecule has 0 saturated carbocycles. The Bertz CT molecular complexity index is 378. The summed E-state index contributed by atoms with van der Waals surface area (Å²) in [4.78, 5) is 13.0. The van der Waals surface area contributed by atoms with Crippen molar-refractivity contribution in [3.63, 3.8) is 0 Å². The van der Waals surface area contributed by atoms with Gasteiger partial charge >= 0.3 is 5.97 Å². The molecule has 19 heavy (non-hydrogen) atoms. The number of hydrogen-bond donors (Lipinski definition) is 1. The predicted octanol–water partition coefficient (Wildman–Crippen LogP) is 3.79. The number of benzene rings is 1. The van der Waals surface area contributed by atoms with E-state index in [1.54, 1.807) is 0 Å². The number of carboxylic acids is 1. The second kappa shape index (κ2) is 7.82. The van der Waals surface area contributed by atoms with Gasteiger partial charge in [-0.25, -0.2) is 0 Å². The van der Waals surface area contributed by atoms with Crippen LogP contribution in [0.25, 0.3) is 0 Å². The molecule has 0 saturated heterocycles. The van der Waals surface area contributed by atoms with Crippen LogP contribution in [0.1, 0.15) is 40.0 Å². The molecule has 106 valence electrons. The maximum absolute atomic E-state index is 10.7. The molecule has 0 spiro atoms. The fourth-order valence-corrected chi connectivity index (χ4v) is 2.24. The summed E-state index contributed by atoms with van der Waals surface area (Å²) in [5.41, 5.74) is 1.18. The zero-order valence-electron chi connectivity index (χ0n) is 12.2. The largest absolute Gasteiger partial charge is 0.481 e. The van der Waals surface area contributed by atoms with E-state index in [0.717, 1.165) is 13.0 Å². The van der Waals surface area contributed by atoms with Crippen molar-refractivity contribution in [2.45, 2.75) is 46.1 Å². The van der Waals surface area contributed by atoms with Gasteiger partial charge in [0.1, 0.15) is 0 Å². The molecule has 1 aromatic carbocycles. The molecule has 1 rings (SSSR count). The lowest BCUT2D eigenvalue weighted by Crippen LogP contribution is -2.38. The van der Waals surface area contributed by atoms with Crippen LogP contribution in [0.5, 0.6) is 0 Å². The zero-order chi connectivity index (χ0) is 14.3. The highest BCUT2D eigenvalue weighted by Gasteiger charge is 2.19. The highest BCUT2D eigenvalue weighted by atomic mass is 16.4. The second-order valence-electron chi connectivity index (χ2n) is 5.15. The fourth-order valence-electron chi connectivity index (χ4n) is 2.24. The molecule has 2 atom stereocenters. The molecule has 0 aliphatic heterocycles. The van der Waals surface area contributed by atoms with E-state index in [0.29, 0.717) is 18.4 Å². The Morgan fingerprint density at radius 3 is 2.42 bits per heavy atom. The van der Waals surface area contributed by atoms with Gasteiger partial charge in [-0.3, -0.25) is 4.79 Å². The SMILES string of the molecule is CCC(C)C(C)N(CCCC(=O)O)c1ccccc1. The highest BCUT2D eigenvalue weighted by Crippen LogP contribution is 2.22. The molecule has 0 aliphatic rings. The van der Waals surface area contributed by atoms with Crippen LogP contribution in [0.2, 0.25) is 0 Å². The Hall–Kier alpha value is -1.51. The Morgan fingerprint density at radius 2 is 1.89 bits per heavy atom. The second-order valence-corrected chi connectivity index (χ2v) is 5.15. The van der Waals surface area contributed by atoms with Crippen molar-refractivity contribution in [1.29, 1.82) is 0 Å². The minimum Gasteiger partial charge on any atom is -0.481 e. The number of anilines is 1. The summed E-state index contributed by atoms with van der Waals surface area (Å²) in [7, 11) is 0. The third kappa shape index (κ3) is 4.93. The van der Waals surface area contributed by atoms with Crippen LogP contribution >= 0.6 is 0 Å². The third-order valence-electron chi connectivity index (χ3n) is 3.84. The number of aliphatic carboxylic acids is 1. The molecule has 0 aliphatic carbocycles. The molecular formula is C16H25NO2.